The third-order valence-corrected chi connectivity index (χ3v) is 2.46. The van der Waals surface area contributed by atoms with E-state index in [1.54, 1.807) is 0 Å². The van der Waals surface area contributed by atoms with Crippen molar-refractivity contribution in [1.29, 1.82) is 0 Å². The summed E-state index contributed by atoms with van der Waals surface area (Å²) >= 11 is 2.79. The molecule has 7 nitrogen and oxygen atoms in total. The lowest BCUT2D eigenvalue weighted by atomic mass is 10.1. The van der Waals surface area contributed by atoms with Crippen LogP contribution in [0.5, 0.6) is 0 Å². The number of carbonyl (C=O) groups is 2. The van der Waals surface area contributed by atoms with Gasteiger partial charge in [0.2, 0.25) is 0 Å². The van der Waals surface area contributed by atoms with Crippen LogP contribution >= 0.6 is 15.9 Å². The number of carbonyl (C=O) groups excluding carboxylic acids is 1. The van der Waals surface area contributed by atoms with Crippen molar-refractivity contribution in [1.82, 2.24) is 0 Å². The van der Waals surface area contributed by atoms with Crippen molar-refractivity contribution in [2.45, 2.75) is 6.18 Å². The van der Waals surface area contributed by atoms with Crippen LogP contribution in [-0.2, 0) is 4.79 Å². The summed E-state index contributed by atoms with van der Waals surface area (Å²) in [5.41, 5.74) is -2.86. The molecular weight excluding hydrogens is 353 g/mol. The lowest BCUT2D eigenvalue weighted by Gasteiger charge is -2.11. The fraction of sp³-hybridized carbons (Fsp3) is 0.111. The first-order chi connectivity index (χ1) is 9.04. The molecule has 0 aromatic heterocycles. The zero-order valence-corrected chi connectivity index (χ0v) is 10.8. The van der Waals surface area contributed by atoms with Crippen molar-refractivity contribution in [3.05, 3.63) is 32.3 Å². The van der Waals surface area contributed by atoms with Crippen molar-refractivity contribution in [2.75, 3.05) is 5.32 Å². The van der Waals surface area contributed by atoms with Gasteiger partial charge in [-0.1, -0.05) is 15.9 Å². The van der Waals surface area contributed by atoms with Gasteiger partial charge in [-0.25, -0.2) is 4.79 Å². The molecule has 1 rings (SSSR count). The summed E-state index contributed by atoms with van der Waals surface area (Å²) in [5, 5.41) is 20.8. The number of halogens is 4. The molecule has 0 radical (unpaired) electrons. The monoisotopic (exact) mass is 356 g/mol. The Balaban J connectivity index is 3.45. The maximum atomic E-state index is 12.1. The number of alkyl halides is 3. The van der Waals surface area contributed by atoms with Crippen molar-refractivity contribution in [3.8, 4) is 0 Å². The van der Waals surface area contributed by atoms with Crippen molar-refractivity contribution in [2.24, 2.45) is 0 Å². The molecular formula is C9H4BrF3N2O5. The van der Waals surface area contributed by atoms with E-state index in [4.69, 9.17) is 5.11 Å². The van der Waals surface area contributed by atoms with Crippen LogP contribution in [0.15, 0.2) is 16.6 Å². The quantitative estimate of drug-likeness (QED) is 0.638. The topological polar surface area (TPSA) is 110 Å². The van der Waals surface area contributed by atoms with Gasteiger partial charge in [-0.05, 0) is 6.07 Å². The van der Waals surface area contributed by atoms with Crippen LogP contribution in [0, 0.1) is 10.1 Å². The van der Waals surface area contributed by atoms with E-state index < -0.39 is 39.9 Å². The number of anilines is 1. The van der Waals surface area contributed by atoms with Crippen LogP contribution < -0.4 is 5.32 Å². The standard InChI is InChI=1S/C9H4BrF3N2O5/c10-3-1-4(7(16)17)6(5(2-3)15(19)20)14-8(18)9(11,12)13/h1-2H,(H,14,18)(H,16,17). The molecule has 0 atom stereocenters. The molecule has 1 aromatic rings. The van der Waals surface area contributed by atoms with E-state index in [0.29, 0.717) is 0 Å². The molecule has 0 saturated heterocycles. The highest BCUT2D eigenvalue weighted by Gasteiger charge is 2.40. The molecule has 0 bridgehead atoms. The Morgan fingerprint density at radius 2 is 1.90 bits per heavy atom. The van der Waals surface area contributed by atoms with Crippen molar-refractivity contribution in [3.63, 3.8) is 0 Å². The summed E-state index contributed by atoms with van der Waals surface area (Å²) in [7, 11) is 0. The van der Waals surface area contributed by atoms with Gasteiger partial charge in [0.25, 0.3) is 5.69 Å². The molecule has 108 valence electrons. The van der Waals surface area contributed by atoms with E-state index in [1.165, 1.54) is 5.32 Å². The SMILES string of the molecule is O=C(O)c1cc(Br)cc([N+](=O)[O-])c1NC(=O)C(F)(F)F. The number of carboxylic acid groups (broad SMARTS) is 1. The van der Waals surface area contributed by atoms with E-state index in [9.17, 15) is 32.9 Å². The molecule has 0 unspecified atom stereocenters. The van der Waals surface area contributed by atoms with Gasteiger partial charge in [-0.2, -0.15) is 13.2 Å². The normalized spacial score (nSPS) is 11.0. The Kier molecular flexibility index (Phi) is 4.33. The predicted molar refractivity (Wildman–Crippen MR) is 62.4 cm³/mol. The van der Waals surface area contributed by atoms with Gasteiger partial charge in [0.05, 0.1) is 10.5 Å². The zero-order valence-electron chi connectivity index (χ0n) is 9.19. The first-order valence-corrected chi connectivity index (χ1v) is 5.42. The van der Waals surface area contributed by atoms with E-state index in [0.717, 1.165) is 12.1 Å². The zero-order chi connectivity index (χ0) is 15.7. The number of hydrogen-bond donors (Lipinski definition) is 2. The van der Waals surface area contributed by atoms with Crippen LogP contribution in [0.3, 0.4) is 0 Å². The maximum absolute atomic E-state index is 12.1. The largest absolute Gasteiger partial charge is 0.478 e. The van der Waals surface area contributed by atoms with Gasteiger partial charge >= 0.3 is 18.1 Å². The summed E-state index contributed by atoms with van der Waals surface area (Å²) in [6.45, 7) is 0. The third-order valence-electron chi connectivity index (χ3n) is 2.01. The third kappa shape index (κ3) is 3.44. The van der Waals surface area contributed by atoms with E-state index in [-0.39, 0.29) is 4.47 Å². The number of nitrogens with one attached hydrogen (secondary N) is 1. The minimum Gasteiger partial charge on any atom is -0.478 e. The van der Waals surface area contributed by atoms with Gasteiger partial charge in [0.15, 0.2) is 0 Å². The molecule has 2 N–H and O–H groups in total. The van der Waals surface area contributed by atoms with Crippen LogP contribution in [0.2, 0.25) is 0 Å². The number of carboxylic acids is 1. The molecule has 0 aliphatic carbocycles. The number of amides is 1. The Morgan fingerprint density at radius 1 is 1.35 bits per heavy atom. The second-order valence-corrected chi connectivity index (χ2v) is 4.28. The second kappa shape index (κ2) is 5.45. The number of hydrogen-bond acceptors (Lipinski definition) is 4. The molecule has 0 aliphatic rings. The van der Waals surface area contributed by atoms with E-state index >= 15 is 0 Å². The van der Waals surface area contributed by atoms with Gasteiger partial charge in [-0.15, -0.1) is 0 Å². The molecule has 0 fully saturated rings. The summed E-state index contributed by atoms with van der Waals surface area (Å²) in [6, 6.07) is 1.61. The Labute approximate surface area is 116 Å². The Hall–Kier alpha value is -2.17. The lowest BCUT2D eigenvalue weighted by Crippen LogP contribution is -2.31. The number of aromatic carboxylic acids is 1. The van der Waals surface area contributed by atoms with Crippen LogP contribution in [-0.4, -0.2) is 28.1 Å². The number of nitro groups is 1. The Morgan fingerprint density at radius 3 is 2.30 bits per heavy atom. The number of benzene rings is 1. The summed E-state index contributed by atoms with van der Waals surface area (Å²) in [4.78, 5) is 31.3. The molecule has 11 heteroatoms. The molecule has 0 spiro atoms. The van der Waals surface area contributed by atoms with Crippen molar-refractivity contribution < 1.29 is 32.8 Å². The van der Waals surface area contributed by atoms with E-state index in [2.05, 4.69) is 15.9 Å². The molecule has 0 aliphatic heterocycles. The number of nitro benzene ring substituents is 1. The van der Waals surface area contributed by atoms with Gasteiger partial charge < -0.3 is 10.4 Å². The minimum absolute atomic E-state index is 0.0355. The molecule has 1 amide bonds. The smallest absolute Gasteiger partial charge is 0.471 e. The molecule has 20 heavy (non-hydrogen) atoms. The van der Waals surface area contributed by atoms with E-state index in [1.807, 2.05) is 0 Å². The number of nitrogens with zero attached hydrogens (tertiary/aromatic N) is 1. The highest BCUT2D eigenvalue weighted by molar-refractivity contribution is 9.10. The fourth-order valence-electron chi connectivity index (χ4n) is 1.22. The first-order valence-electron chi connectivity index (χ1n) is 4.63. The second-order valence-electron chi connectivity index (χ2n) is 3.36. The highest BCUT2D eigenvalue weighted by Crippen LogP contribution is 2.33. The maximum Gasteiger partial charge on any atom is 0.471 e. The average Bonchev–Trinajstić information content (AvgIpc) is 2.28. The van der Waals surface area contributed by atoms with Crippen LogP contribution in [0.4, 0.5) is 24.5 Å². The Bertz CT molecular complexity index is 567. The van der Waals surface area contributed by atoms with Gasteiger partial charge in [0, 0.05) is 10.5 Å². The molecule has 1 aromatic carbocycles. The predicted octanol–water partition coefficient (Wildman–Crippen LogP) is 2.56. The molecule has 0 saturated carbocycles. The van der Waals surface area contributed by atoms with Crippen LogP contribution in [0.25, 0.3) is 0 Å². The summed E-state index contributed by atoms with van der Waals surface area (Å²) < 4.78 is 36.4. The minimum atomic E-state index is -5.31. The number of rotatable bonds is 3. The molecule has 0 heterocycles. The van der Waals surface area contributed by atoms with Gasteiger partial charge in [0.1, 0.15) is 5.69 Å². The average molecular weight is 357 g/mol. The van der Waals surface area contributed by atoms with Crippen LogP contribution in [0.1, 0.15) is 10.4 Å². The summed E-state index contributed by atoms with van der Waals surface area (Å²) in [6.07, 6.45) is -5.31. The highest BCUT2D eigenvalue weighted by atomic mass is 79.9. The van der Waals surface area contributed by atoms with Crippen molar-refractivity contribution >= 4 is 39.2 Å². The summed E-state index contributed by atoms with van der Waals surface area (Å²) in [5.74, 6) is -4.24. The fourth-order valence-corrected chi connectivity index (χ4v) is 1.67. The first kappa shape index (κ1) is 15.9. The van der Waals surface area contributed by atoms with Gasteiger partial charge in [-0.3, -0.25) is 14.9 Å². The lowest BCUT2D eigenvalue weighted by molar-refractivity contribution is -0.384.